The van der Waals surface area contributed by atoms with Crippen LogP contribution in [0.1, 0.15) is 28.0 Å². The van der Waals surface area contributed by atoms with Gasteiger partial charge in [-0.3, -0.25) is 4.79 Å². The zero-order valence-electron chi connectivity index (χ0n) is 10.1. The van der Waals surface area contributed by atoms with Gasteiger partial charge in [-0.1, -0.05) is 29.5 Å². The second-order valence-electron chi connectivity index (χ2n) is 4.09. The number of aryl methyl sites for hydroxylation is 3. The fourth-order valence-electron chi connectivity index (χ4n) is 1.81. The van der Waals surface area contributed by atoms with Crippen molar-refractivity contribution in [3.8, 4) is 0 Å². The van der Waals surface area contributed by atoms with E-state index in [-0.39, 0.29) is 5.78 Å². The van der Waals surface area contributed by atoms with Crippen molar-refractivity contribution in [2.45, 2.75) is 19.8 Å². The van der Waals surface area contributed by atoms with Crippen LogP contribution in [0.3, 0.4) is 0 Å². The van der Waals surface area contributed by atoms with Crippen molar-refractivity contribution in [3.05, 3.63) is 47.3 Å². The molecule has 0 fully saturated rings. The van der Waals surface area contributed by atoms with E-state index in [0.29, 0.717) is 12.1 Å². The molecule has 0 bridgehead atoms. The Morgan fingerprint density at radius 3 is 2.76 bits per heavy atom. The topological polar surface area (TPSA) is 47.8 Å². The van der Waals surface area contributed by atoms with Gasteiger partial charge in [0, 0.05) is 13.5 Å². The summed E-state index contributed by atoms with van der Waals surface area (Å²) in [6.07, 6.45) is 2.77. The summed E-state index contributed by atoms with van der Waals surface area (Å²) in [5, 5.41) is 7.46. The molecule has 2 aromatic rings. The average Bonchev–Trinajstić information content (AvgIpc) is 2.74. The standard InChI is InChI=1S/C13H15N3O/c1-10-5-3-4-6-11(10)7-8-13(17)12-9-14-15-16(12)2/h3-6,9H,7-8H2,1-2H3. The van der Waals surface area contributed by atoms with E-state index in [1.807, 2.05) is 12.1 Å². The third kappa shape index (κ3) is 2.58. The van der Waals surface area contributed by atoms with Crippen molar-refractivity contribution < 1.29 is 4.79 Å². The number of hydrogen-bond donors (Lipinski definition) is 0. The first kappa shape index (κ1) is 11.5. The van der Waals surface area contributed by atoms with Gasteiger partial charge < -0.3 is 0 Å². The zero-order valence-corrected chi connectivity index (χ0v) is 10.1. The Morgan fingerprint density at radius 1 is 1.35 bits per heavy atom. The molecule has 0 atom stereocenters. The molecule has 0 spiro atoms. The van der Waals surface area contributed by atoms with Crippen LogP contribution in [-0.2, 0) is 13.5 Å². The molecule has 2 rings (SSSR count). The highest BCUT2D eigenvalue weighted by atomic mass is 16.1. The first-order chi connectivity index (χ1) is 8.18. The number of benzene rings is 1. The van der Waals surface area contributed by atoms with Crippen molar-refractivity contribution in [2.75, 3.05) is 0 Å². The number of carbonyl (C=O) groups is 1. The van der Waals surface area contributed by atoms with Crippen LogP contribution in [0.25, 0.3) is 0 Å². The number of ketones is 1. The van der Waals surface area contributed by atoms with Gasteiger partial charge in [0.25, 0.3) is 0 Å². The molecule has 0 N–H and O–H groups in total. The molecule has 0 saturated carbocycles. The van der Waals surface area contributed by atoms with E-state index in [0.717, 1.165) is 6.42 Å². The molecule has 88 valence electrons. The van der Waals surface area contributed by atoms with Crippen LogP contribution in [0.15, 0.2) is 30.5 Å². The summed E-state index contributed by atoms with van der Waals surface area (Å²) in [4.78, 5) is 11.9. The molecular weight excluding hydrogens is 214 g/mol. The van der Waals surface area contributed by atoms with E-state index in [1.165, 1.54) is 22.0 Å². The summed E-state index contributed by atoms with van der Waals surface area (Å²) < 4.78 is 1.51. The van der Waals surface area contributed by atoms with Gasteiger partial charge in [-0.25, -0.2) is 4.68 Å². The molecule has 0 amide bonds. The zero-order chi connectivity index (χ0) is 12.3. The molecular formula is C13H15N3O. The van der Waals surface area contributed by atoms with Gasteiger partial charge in [-0.15, -0.1) is 5.10 Å². The molecule has 4 nitrogen and oxygen atoms in total. The van der Waals surface area contributed by atoms with Crippen LogP contribution in [0.4, 0.5) is 0 Å². The van der Waals surface area contributed by atoms with E-state index in [9.17, 15) is 4.79 Å². The van der Waals surface area contributed by atoms with Crippen molar-refractivity contribution in [3.63, 3.8) is 0 Å². The van der Waals surface area contributed by atoms with Crippen LogP contribution in [0.2, 0.25) is 0 Å². The first-order valence-electron chi connectivity index (χ1n) is 5.61. The Balaban J connectivity index is 2.02. The molecule has 0 aliphatic rings. The second kappa shape index (κ2) is 4.91. The summed E-state index contributed by atoms with van der Waals surface area (Å²) >= 11 is 0. The normalized spacial score (nSPS) is 10.5. The molecule has 1 heterocycles. The Kier molecular flexibility index (Phi) is 3.32. The van der Waals surface area contributed by atoms with Crippen LogP contribution in [0.5, 0.6) is 0 Å². The monoisotopic (exact) mass is 229 g/mol. The minimum atomic E-state index is 0.0840. The summed E-state index contributed by atoms with van der Waals surface area (Å²) in [5.74, 6) is 0.0840. The van der Waals surface area contributed by atoms with Crippen molar-refractivity contribution in [1.82, 2.24) is 15.0 Å². The number of rotatable bonds is 4. The minimum Gasteiger partial charge on any atom is -0.292 e. The lowest BCUT2D eigenvalue weighted by atomic mass is 10.0. The summed E-state index contributed by atoms with van der Waals surface area (Å²) in [7, 11) is 1.73. The molecule has 17 heavy (non-hydrogen) atoms. The molecule has 0 aliphatic carbocycles. The van der Waals surface area contributed by atoms with Crippen LogP contribution >= 0.6 is 0 Å². The maximum Gasteiger partial charge on any atom is 0.182 e. The molecule has 1 aromatic heterocycles. The maximum atomic E-state index is 11.9. The minimum absolute atomic E-state index is 0.0840. The van der Waals surface area contributed by atoms with E-state index in [2.05, 4.69) is 29.4 Å². The number of nitrogens with zero attached hydrogens (tertiary/aromatic N) is 3. The molecule has 0 aliphatic heterocycles. The average molecular weight is 229 g/mol. The highest BCUT2D eigenvalue weighted by Gasteiger charge is 2.11. The fraction of sp³-hybridized carbons (Fsp3) is 0.308. The van der Waals surface area contributed by atoms with E-state index in [4.69, 9.17) is 0 Å². The summed E-state index contributed by atoms with van der Waals surface area (Å²) in [6.45, 7) is 2.06. The number of hydrogen-bond acceptors (Lipinski definition) is 3. The van der Waals surface area contributed by atoms with Gasteiger partial charge in [0.05, 0.1) is 6.20 Å². The van der Waals surface area contributed by atoms with Crippen molar-refractivity contribution in [2.24, 2.45) is 7.05 Å². The Morgan fingerprint density at radius 2 is 2.12 bits per heavy atom. The number of aromatic nitrogens is 3. The summed E-state index contributed by atoms with van der Waals surface area (Å²) in [6, 6.07) is 8.12. The second-order valence-corrected chi connectivity index (χ2v) is 4.09. The number of carbonyl (C=O) groups excluding carboxylic acids is 1. The lowest BCUT2D eigenvalue weighted by Gasteiger charge is -2.04. The molecule has 0 saturated heterocycles. The number of Topliss-reactive ketones (excluding diaryl/α,β-unsaturated/α-hetero) is 1. The third-order valence-corrected chi connectivity index (χ3v) is 2.88. The lowest BCUT2D eigenvalue weighted by molar-refractivity contribution is 0.0973. The fourth-order valence-corrected chi connectivity index (χ4v) is 1.81. The quantitative estimate of drug-likeness (QED) is 0.753. The van der Waals surface area contributed by atoms with E-state index in [1.54, 1.807) is 7.05 Å². The van der Waals surface area contributed by atoms with Gasteiger partial charge >= 0.3 is 0 Å². The molecule has 0 unspecified atom stereocenters. The Hall–Kier alpha value is -1.97. The molecule has 4 heteroatoms. The van der Waals surface area contributed by atoms with Gasteiger partial charge in [0.2, 0.25) is 0 Å². The predicted molar refractivity (Wildman–Crippen MR) is 64.8 cm³/mol. The van der Waals surface area contributed by atoms with Crippen LogP contribution < -0.4 is 0 Å². The Bertz CT molecular complexity index is 531. The van der Waals surface area contributed by atoms with Crippen LogP contribution in [0, 0.1) is 6.92 Å². The largest absolute Gasteiger partial charge is 0.292 e. The first-order valence-corrected chi connectivity index (χ1v) is 5.61. The maximum absolute atomic E-state index is 11.9. The predicted octanol–water partition coefficient (Wildman–Crippen LogP) is 1.94. The molecule has 1 aromatic carbocycles. The van der Waals surface area contributed by atoms with Crippen molar-refractivity contribution >= 4 is 5.78 Å². The smallest absolute Gasteiger partial charge is 0.182 e. The highest BCUT2D eigenvalue weighted by molar-refractivity contribution is 5.94. The van der Waals surface area contributed by atoms with Gasteiger partial charge in [-0.05, 0) is 24.5 Å². The van der Waals surface area contributed by atoms with Gasteiger partial charge in [0.1, 0.15) is 5.69 Å². The van der Waals surface area contributed by atoms with E-state index >= 15 is 0 Å². The molecule has 0 radical (unpaired) electrons. The van der Waals surface area contributed by atoms with E-state index < -0.39 is 0 Å². The van der Waals surface area contributed by atoms with Crippen LogP contribution in [-0.4, -0.2) is 20.8 Å². The van der Waals surface area contributed by atoms with Gasteiger partial charge in [-0.2, -0.15) is 0 Å². The third-order valence-electron chi connectivity index (χ3n) is 2.88. The Labute approximate surface area is 100 Å². The van der Waals surface area contributed by atoms with Crippen molar-refractivity contribution in [1.29, 1.82) is 0 Å². The SMILES string of the molecule is Cc1ccccc1CCC(=O)c1cnnn1C. The van der Waals surface area contributed by atoms with Gasteiger partial charge in [0.15, 0.2) is 5.78 Å². The lowest BCUT2D eigenvalue weighted by Crippen LogP contribution is -2.08. The highest BCUT2D eigenvalue weighted by Crippen LogP contribution is 2.11. The summed E-state index contributed by atoms with van der Waals surface area (Å²) in [5.41, 5.74) is 3.01.